The van der Waals surface area contributed by atoms with Crippen molar-refractivity contribution < 1.29 is 21.6 Å². The topological polar surface area (TPSA) is 28.2 Å². The zero-order chi connectivity index (χ0) is 34.9. The van der Waals surface area contributed by atoms with Gasteiger partial charge in [-0.25, -0.2) is 4.98 Å². The van der Waals surface area contributed by atoms with Gasteiger partial charge in [-0.05, 0) is 47.3 Å². The fraction of sp³-hybridized carbons (Fsp3) is 0.0889. The number of aryl methyl sites for hydroxylation is 2. The molecule has 0 bridgehead atoms. The van der Waals surface area contributed by atoms with Gasteiger partial charge in [-0.3, -0.25) is 4.57 Å². The van der Waals surface area contributed by atoms with Crippen molar-refractivity contribution in [2.45, 2.75) is 15.3 Å². The van der Waals surface area contributed by atoms with Gasteiger partial charge in [0.05, 0.1) is 31.2 Å². The number of hydrogen-bond acceptors (Lipinski definition) is 4. The Morgan fingerprint density at radius 3 is 2.17 bits per heavy atom. The van der Waals surface area contributed by atoms with Gasteiger partial charge in [0, 0.05) is 34.8 Å². The number of fused-ring (bicyclic) bond motifs is 5. The quantitative estimate of drug-likeness (QED) is 0.0999. The molecule has 8 heteroatoms. The molecule has 0 saturated heterocycles. The second-order valence-electron chi connectivity index (χ2n) is 13.6. The summed E-state index contributed by atoms with van der Waals surface area (Å²) in [5.74, 6) is 0.902. The van der Waals surface area contributed by atoms with Gasteiger partial charge in [0.15, 0.2) is 5.65 Å². The summed E-state index contributed by atoms with van der Waals surface area (Å²) in [5.41, 5.74) is 10.3. The fourth-order valence-electron chi connectivity index (χ4n) is 8.18. The first kappa shape index (κ1) is 33.6. The molecular weight excluding hydrogens is 726 g/mol. The van der Waals surface area contributed by atoms with Crippen molar-refractivity contribution in [3.8, 4) is 11.1 Å². The van der Waals surface area contributed by atoms with E-state index in [-0.39, 0.29) is 22.6 Å². The second kappa shape index (κ2) is 13.3. The van der Waals surface area contributed by atoms with Crippen molar-refractivity contribution >= 4 is 70.5 Å². The monoisotopic (exact) mass is 760 g/mol. The van der Waals surface area contributed by atoms with Gasteiger partial charge in [-0.15, -0.1) is 29.8 Å². The summed E-state index contributed by atoms with van der Waals surface area (Å²) in [6.07, 6.45) is 4.36. The number of nitrogens with zero attached hydrogens (tertiary/aromatic N) is 5. The van der Waals surface area contributed by atoms with Gasteiger partial charge < -0.3 is 14.4 Å². The number of aromatic nitrogens is 3. The van der Waals surface area contributed by atoms with Crippen LogP contribution in [0.5, 0.6) is 0 Å². The van der Waals surface area contributed by atoms with Crippen molar-refractivity contribution in [1.82, 2.24) is 9.55 Å². The third-order valence-electron chi connectivity index (χ3n) is 10.5. The summed E-state index contributed by atoms with van der Waals surface area (Å²) >= 11 is 1.84. The van der Waals surface area contributed by atoms with Crippen LogP contribution in [-0.2, 0) is 31.2 Å². The minimum atomic E-state index is -1.37. The molecule has 0 amide bonds. The van der Waals surface area contributed by atoms with Crippen LogP contribution >= 0.6 is 11.8 Å². The van der Waals surface area contributed by atoms with E-state index in [1.165, 1.54) is 42.3 Å². The standard InChI is InChI=1S/C45H35N5SSi.Mn/c1-47-27-26-33-35(29-48(2)45(33)47)30-22-23-37-39(28-30)50(38-20-12-11-19-36(38)49(37)3)42-25-24-41-43(46-42)44(34-18-10-13-21-40(34)51-41)52(31-14-6-4-7-15-31)32-16-8-5-9-17-32;/h4-27,29,44H,1-3H3;/q-1;+2. The second-order valence-corrected chi connectivity index (χ2v) is 17.2. The van der Waals surface area contributed by atoms with Crippen molar-refractivity contribution in [2.24, 2.45) is 14.1 Å². The Labute approximate surface area is 326 Å². The van der Waals surface area contributed by atoms with Crippen LogP contribution in [0.15, 0.2) is 162 Å². The molecule has 2 aliphatic heterocycles. The largest absolute Gasteiger partial charge is 2.00 e. The van der Waals surface area contributed by atoms with Crippen molar-refractivity contribution in [1.29, 1.82) is 0 Å². The maximum Gasteiger partial charge on any atom is 2.00 e. The van der Waals surface area contributed by atoms with Gasteiger partial charge in [-0.1, -0.05) is 124 Å². The Hall–Kier alpha value is -5.24. The zero-order valence-corrected chi connectivity index (χ0v) is 32.5. The number of hydrogen-bond donors (Lipinski definition) is 0. The van der Waals surface area contributed by atoms with Crippen molar-refractivity contribution in [3.05, 3.63) is 169 Å². The van der Waals surface area contributed by atoms with E-state index in [4.69, 9.17) is 4.98 Å². The average Bonchev–Trinajstić information content (AvgIpc) is 3.75. The zero-order valence-electron chi connectivity index (χ0n) is 29.5. The molecular formula is C45H35MnN5SSi+. The van der Waals surface area contributed by atoms with Crippen LogP contribution < -0.4 is 24.7 Å². The SMILES string of the molecule is CN1c2ccc(-c3cn(C)c4c3[cH-]c[n+]4C)[c-]c2N(c2ccc3c(n2)C([Si](c2ccccc2)c2ccccc2)c2ccccc2S3)c2ccccc21.[Mn+2]. The number of benzene rings is 5. The first-order valence-corrected chi connectivity index (χ1v) is 20.0. The minimum absolute atomic E-state index is 0. The first-order valence-electron chi connectivity index (χ1n) is 17.6. The fourth-order valence-corrected chi connectivity index (χ4v) is 12.6. The normalized spacial score (nSPS) is 14.4. The van der Waals surface area contributed by atoms with E-state index in [0.29, 0.717) is 0 Å². The average molecular weight is 761 g/mol. The molecule has 3 aromatic heterocycles. The molecule has 0 fully saturated rings. The predicted molar refractivity (Wildman–Crippen MR) is 215 cm³/mol. The van der Waals surface area contributed by atoms with Crippen LogP contribution in [0.4, 0.5) is 28.6 Å². The molecule has 2 radical (unpaired) electrons. The predicted octanol–water partition coefficient (Wildman–Crippen LogP) is 8.58. The van der Waals surface area contributed by atoms with Crippen LogP contribution in [0, 0.1) is 6.07 Å². The van der Waals surface area contributed by atoms with E-state index >= 15 is 0 Å². The van der Waals surface area contributed by atoms with Gasteiger partial charge in [-0.2, -0.15) is 0 Å². The number of para-hydroxylation sites is 2. The molecule has 5 heterocycles. The van der Waals surface area contributed by atoms with Crippen LogP contribution in [-0.4, -0.2) is 25.4 Å². The Bertz CT molecular complexity index is 2600. The maximum atomic E-state index is 5.76. The Morgan fingerprint density at radius 1 is 0.736 bits per heavy atom. The molecule has 8 aromatic rings. The molecule has 0 aliphatic carbocycles. The van der Waals surface area contributed by atoms with E-state index in [1.807, 2.05) is 11.8 Å². The summed E-state index contributed by atoms with van der Waals surface area (Å²) in [6, 6.07) is 54.9. The summed E-state index contributed by atoms with van der Waals surface area (Å²) in [5, 5.41) is 3.98. The molecule has 1 unspecified atom stereocenters. The van der Waals surface area contributed by atoms with E-state index in [2.05, 4.69) is 198 Å². The smallest absolute Gasteiger partial charge is 0.381 e. The van der Waals surface area contributed by atoms with Crippen LogP contribution in [0.3, 0.4) is 0 Å². The summed E-state index contributed by atoms with van der Waals surface area (Å²) < 4.78 is 4.38. The number of anilines is 5. The molecule has 0 N–H and O–H groups in total. The van der Waals surface area contributed by atoms with Gasteiger partial charge in [0.2, 0.25) is 0 Å². The van der Waals surface area contributed by atoms with Crippen LogP contribution in [0.25, 0.3) is 22.2 Å². The van der Waals surface area contributed by atoms with Crippen LogP contribution in [0.1, 0.15) is 16.8 Å². The molecule has 5 nitrogen and oxygen atoms in total. The van der Waals surface area contributed by atoms with E-state index in [0.717, 1.165) is 39.8 Å². The third kappa shape index (κ3) is 5.40. The molecule has 2 aliphatic rings. The van der Waals surface area contributed by atoms with E-state index in [1.54, 1.807) is 0 Å². The molecule has 53 heavy (non-hydrogen) atoms. The van der Waals surface area contributed by atoms with E-state index in [9.17, 15) is 0 Å². The minimum Gasteiger partial charge on any atom is -0.381 e. The van der Waals surface area contributed by atoms with Gasteiger partial charge in [0.1, 0.15) is 14.6 Å². The summed E-state index contributed by atoms with van der Waals surface area (Å²) in [4.78, 5) is 12.9. The Balaban J connectivity index is 0.00000372. The third-order valence-corrected chi connectivity index (χ3v) is 14.8. The molecule has 0 spiro atoms. The summed E-state index contributed by atoms with van der Waals surface area (Å²) in [6.45, 7) is 0. The first-order chi connectivity index (χ1) is 25.5. The van der Waals surface area contributed by atoms with Gasteiger partial charge in [0.25, 0.3) is 0 Å². The molecule has 0 saturated carbocycles. The van der Waals surface area contributed by atoms with Crippen molar-refractivity contribution in [2.75, 3.05) is 16.8 Å². The molecule has 10 rings (SSSR count). The van der Waals surface area contributed by atoms with E-state index < -0.39 is 8.80 Å². The molecule has 1 atom stereocenters. The van der Waals surface area contributed by atoms with Crippen molar-refractivity contribution in [3.63, 3.8) is 0 Å². The molecule has 256 valence electrons. The number of pyridine rings is 1. The maximum absolute atomic E-state index is 5.76. The number of rotatable bonds is 5. The van der Waals surface area contributed by atoms with Gasteiger partial charge >= 0.3 is 17.1 Å². The Kier molecular flexibility index (Phi) is 8.43. The molecule has 5 aromatic carbocycles. The summed E-state index contributed by atoms with van der Waals surface area (Å²) in [7, 11) is 5.00. The van der Waals surface area contributed by atoms with Crippen LogP contribution in [0.2, 0.25) is 0 Å². The Morgan fingerprint density at radius 2 is 1.42 bits per heavy atom.